The summed E-state index contributed by atoms with van der Waals surface area (Å²) in [4.78, 5) is 0. The smallest absolute Gasteiger partial charge is 0.282 e. The number of thioether (sulfide) groups is 1. The zero-order valence-electron chi connectivity index (χ0n) is 12.4. The number of hydrogen-bond acceptors (Lipinski definition) is 4. The van der Waals surface area contributed by atoms with E-state index in [1.54, 1.807) is 8.61 Å². The number of nitrogens with zero attached hydrogens (tertiary/aromatic N) is 2. The third kappa shape index (κ3) is 4.34. The highest BCUT2D eigenvalue weighted by Gasteiger charge is 2.34. The second kappa shape index (κ2) is 7.98. The van der Waals surface area contributed by atoms with Crippen molar-refractivity contribution in [2.75, 3.05) is 50.8 Å². The van der Waals surface area contributed by atoms with E-state index in [0.717, 1.165) is 43.9 Å². The lowest BCUT2D eigenvalue weighted by Crippen LogP contribution is -2.51. The Kier molecular flexibility index (Phi) is 6.61. The zero-order chi connectivity index (χ0) is 14.4. The number of rotatable bonds is 6. The van der Waals surface area contributed by atoms with Crippen molar-refractivity contribution in [1.82, 2.24) is 13.9 Å². The molecule has 1 atom stereocenters. The van der Waals surface area contributed by atoms with E-state index in [1.807, 2.05) is 11.8 Å². The van der Waals surface area contributed by atoms with Gasteiger partial charge >= 0.3 is 0 Å². The van der Waals surface area contributed by atoms with Gasteiger partial charge in [0.15, 0.2) is 0 Å². The molecule has 0 amide bonds. The Morgan fingerprint density at radius 3 is 2.65 bits per heavy atom. The van der Waals surface area contributed by atoms with Crippen molar-refractivity contribution in [1.29, 1.82) is 0 Å². The fourth-order valence-electron chi connectivity index (χ4n) is 2.83. The van der Waals surface area contributed by atoms with E-state index in [4.69, 9.17) is 0 Å². The van der Waals surface area contributed by atoms with Crippen LogP contribution in [-0.2, 0) is 10.2 Å². The maximum Gasteiger partial charge on any atom is 0.282 e. The standard InChI is InChI=1S/C13H27N3O2S2/c1-2-5-14-11-13-4-3-6-16(12-13)20(17,18)15-7-9-19-10-8-15/h13-14H,2-12H2,1H3. The van der Waals surface area contributed by atoms with Gasteiger partial charge in [0.25, 0.3) is 10.2 Å². The van der Waals surface area contributed by atoms with Gasteiger partial charge in [-0.3, -0.25) is 0 Å². The minimum Gasteiger partial charge on any atom is -0.316 e. The van der Waals surface area contributed by atoms with Crippen molar-refractivity contribution in [3.05, 3.63) is 0 Å². The molecule has 0 aromatic carbocycles. The lowest BCUT2D eigenvalue weighted by molar-refractivity contribution is 0.244. The molecule has 20 heavy (non-hydrogen) atoms. The molecule has 0 aromatic heterocycles. The maximum absolute atomic E-state index is 12.6. The molecule has 2 fully saturated rings. The second-order valence-corrected chi connectivity index (χ2v) is 8.74. The molecule has 2 aliphatic heterocycles. The summed E-state index contributed by atoms with van der Waals surface area (Å²) in [6, 6.07) is 0. The van der Waals surface area contributed by atoms with Crippen LogP contribution in [0.5, 0.6) is 0 Å². The molecule has 2 heterocycles. The normalized spacial score (nSPS) is 26.8. The van der Waals surface area contributed by atoms with E-state index in [0.29, 0.717) is 32.1 Å². The fourth-order valence-corrected chi connectivity index (χ4v) is 5.69. The summed E-state index contributed by atoms with van der Waals surface area (Å²) in [7, 11) is -3.22. The van der Waals surface area contributed by atoms with Gasteiger partial charge in [-0.1, -0.05) is 6.92 Å². The number of piperidine rings is 1. The molecule has 0 bridgehead atoms. The van der Waals surface area contributed by atoms with Gasteiger partial charge in [-0.2, -0.15) is 28.8 Å². The van der Waals surface area contributed by atoms with Crippen LogP contribution in [0.25, 0.3) is 0 Å². The minimum atomic E-state index is -3.22. The Bertz CT molecular complexity index is 383. The van der Waals surface area contributed by atoms with Crippen LogP contribution in [0.1, 0.15) is 26.2 Å². The van der Waals surface area contributed by atoms with E-state index < -0.39 is 10.2 Å². The van der Waals surface area contributed by atoms with Crippen LogP contribution in [0.3, 0.4) is 0 Å². The Labute approximate surface area is 127 Å². The Hall–Kier alpha value is 0.180. The first-order chi connectivity index (χ1) is 9.64. The molecule has 0 aromatic rings. The van der Waals surface area contributed by atoms with Gasteiger partial charge in [0.05, 0.1) is 0 Å². The molecular weight excluding hydrogens is 294 g/mol. The van der Waals surface area contributed by atoms with Gasteiger partial charge in [0.2, 0.25) is 0 Å². The molecule has 7 heteroatoms. The van der Waals surface area contributed by atoms with Crippen LogP contribution in [0.2, 0.25) is 0 Å². The van der Waals surface area contributed by atoms with Crippen molar-refractivity contribution < 1.29 is 8.42 Å². The van der Waals surface area contributed by atoms with Crippen LogP contribution in [0.4, 0.5) is 0 Å². The van der Waals surface area contributed by atoms with Gasteiger partial charge in [-0.15, -0.1) is 0 Å². The molecule has 5 nitrogen and oxygen atoms in total. The van der Waals surface area contributed by atoms with E-state index in [9.17, 15) is 8.42 Å². The fraction of sp³-hybridized carbons (Fsp3) is 1.00. The van der Waals surface area contributed by atoms with Gasteiger partial charge in [-0.25, -0.2) is 0 Å². The molecule has 1 unspecified atom stereocenters. The number of nitrogens with one attached hydrogen (secondary N) is 1. The monoisotopic (exact) mass is 321 g/mol. The predicted octanol–water partition coefficient (Wildman–Crippen LogP) is 0.992. The first kappa shape index (κ1) is 16.5. The second-order valence-electron chi connectivity index (χ2n) is 5.59. The average Bonchev–Trinajstić information content (AvgIpc) is 2.49. The van der Waals surface area contributed by atoms with Crippen LogP contribution >= 0.6 is 11.8 Å². The summed E-state index contributed by atoms with van der Waals surface area (Å²) >= 11 is 1.84. The van der Waals surface area contributed by atoms with Crippen LogP contribution < -0.4 is 5.32 Å². The molecule has 2 aliphatic rings. The first-order valence-electron chi connectivity index (χ1n) is 7.68. The summed E-state index contributed by atoms with van der Waals surface area (Å²) in [6.45, 7) is 6.82. The highest BCUT2D eigenvalue weighted by atomic mass is 32.2. The summed E-state index contributed by atoms with van der Waals surface area (Å²) in [6.07, 6.45) is 3.25. The quantitative estimate of drug-likeness (QED) is 0.741. The maximum atomic E-state index is 12.6. The molecule has 2 rings (SSSR count). The van der Waals surface area contributed by atoms with Crippen LogP contribution in [0.15, 0.2) is 0 Å². The minimum absolute atomic E-state index is 0.462. The molecule has 2 saturated heterocycles. The Morgan fingerprint density at radius 2 is 1.95 bits per heavy atom. The highest BCUT2D eigenvalue weighted by molar-refractivity contribution is 7.99. The van der Waals surface area contributed by atoms with Gasteiger partial charge < -0.3 is 5.32 Å². The molecule has 0 aliphatic carbocycles. The van der Waals surface area contributed by atoms with Crippen molar-refractivity contribution in [3.63, 3.8) is 0 Å². The van der Waals surface area contributed by atoms with Gasteiger partial charge in [-0.05, 0) is 38.3 Å². The molecule has 0 saturated carbocycles. The van der Waals surface area contributed by atoms with Crippen molar-refractivity contribution >= 4 is 22.0 Å². The van der Waals surface area contributed by atoms with Crippen LogP contribution in [-0.4, -0.2) is 67.8 Å². The van der Waals surface area contributed by atoms with Gasteiger partial charge in [0.1, 0.15) is 0 Å². The zero-order valence-corrected chi connectivity index (χ0v) is 14.0. The molecular formula is C13H27N3O2S2. The summed E-state index contributed by atoms with van der Waals surface area (Å²) in [5, 5.41) is 3.42. The van der Waals surface area contributed by atoms with E-state index in [2.05, 4.69) is 12.2 Å². The Morgan fingerprint density at radius 1 is 1.20 bits per heavy atom. The summed E-state index contributed by atoms with van der Waals surface area (Å²) in [5.41, 5.74) is 0. The SMILES string of the molecule is CCCNCC1CCCN(S(=O)(=O)N2CCSCC2)C1. The van der Waals surface area contributed by atoms with Gasteiger partial charge in [0, 0.05) is 37.7 Å². The third-order valence-corrected chi connectivity index (χ3v) is 6.91. The van der Waals surface area contributed by atoms with Crippen LogP contribution in [0, 0.1) is 5.92 Å². The lowest BCUT2D eigenvalue weighted by atomic mass is 10.00. The van der Waals surface area contributed by atoms with Crippen molar-refractivity contribution in [2.24, 2.45) is 5.92 Å². The van der Waals surface area contributed by atoms with E-state index >= 15 is 0 Å². The molecule has 118 valence electrons. The average molecular weight is 322 g/mol. The van der Waals surface area contributed by atoms with Crippen molar-refractivity contribution in [3.8, 4) is 0 Å². The predicted molar refractivity (Wildman–Crippen MR) is 85.3 cm³/mol. The molecule has 0 spiro atoms. The number of hydrogen-bond donors (Lipinski definition) is 1. The summed E-state index contributed by atoms with van der Waals surface area (Å²) < 4.78 is 28.7. The first-order valence-corrected chi connectivity index (χ1v) is 10.2. The third-order valence-electron chi connectivity index (χ3n) is 3.96. The van der Waals surface area contributed by atoms with Crippen molar-refractivity contribution in [2.45, 2.75) is 26.2 Å². The Balaban J connectivity index is 1.89. The molecule has 1 N–H and O–H groups in total. The largest absolute Gasteiger partial charge is 0.316 e. The molecule has 0 radical (unpaired) electrons. The van der Waals surface area contributed by atoms with E-state index in [1.165, 1.54) is 0 Å². The summed E-state index contributed by atoms with van der Waals surface area (Å²) in [5.74, 6) is 2.31. The lowest BCUT2D eigenvalue weighted by Gasteiger charge is -2.36. The van der Waals surface area contributed by atoms with E-state index in [-0.39, 0.29) is 0 Å². The highest BCUT2D eigenvalue weighted by Crippen LogP contribution is 2.22. The topological polar surface area (TPSA) is 52.7 Å².